The van der Waals surface area contributed by atoms with Gasteiger partial charge in [0.1, 0.15) is 0 Å². The van der Waals surface area contributed by atoms with Gasteiger partial charge >= 0.3 is 0 Å². The molecule has 0 aromatic heterocycles. The Hall–Kier alpha value is -2.60. The van der Waals surface area contributed by atoms with E-state index in [2.05, 4.69) is 10.2 Å². The standard InChI is InChI=1S/C18H18ClN3O3/c19-13-5-4-6-14(11-13)20-18(23)16-12-15(22(24)25)7-8-17(16)21-9-2-1-3-10-21/h4-8,11-12H,1-3,9-10H2,(H,20,23). The molecule has 0 radical (unpaired) electrons. The molecule has 1 amide bonds. The number of nitro groups is 1. The summed E-state index contributed by atoms with van der Waals surface area (Å²) < 4.78 is 0. The van der Waals surface area contributed by atoms with Crippen LogP contribution >= 0.6 is 11.6 Å². The molecule has 2 aromatic carbocycles. The maximum absolute atomic E-state index is 12.8. The molecule has 1 aliphatic rings. The lowest BCUT2D eigenvalue weighted by atomic mass is 10.1. The largest absolute Gasteiger partial charge is 0.371 e. The molecule has 0 saturated carbocycles. The third-order valence-electron chi connectivity index (χ3n) is 4.21. The number of hydrogen-bond acceptors (Lipinski definition) is 4. The molecule has 0 bridgehead atoms. The van der Waals surface area contributed by atoms with Crippen molar-refractivity contribution in [2.75, 3.05) is 23.3 Å². The highest BCUT2D eigenvalue weighted by molar-refractivity contribution is 6.31. The van der Waals surface area contributed by atoms with Crippen molar-refractivity contribution in [1.82, 2.24) is 0 Å². The molecular weight excluding hydrogens is 342 g/mol. The SMILES string of the molecule is O=C(Nc1cccc(Cl)c1)c1cc([N+](=O)[O-])ccc1N1CCCCC1. The van der Waals surface area contributed by atoms with Gasteiger partial charge in [-0.2, -0.15) is 0 Å². The fourth-order valence-electron chi connectivity index (χ4n) is 2.99. The van der Waals surface area contributed by atoms with E-state index in [1.807, 2.05) is 0 Å². The van der Waals surface area contributed by atoms with Crippen molar-refractivity contribution in [3.05, 3.63) is 63.2 Å². The predicted molar refractivity (Wildman–Crippen MR) is 98.6 cm³/mol. The number of non-ortho nitro benzene ring substituents is 1. The first kappa shape index (κ1) is 17.2. The van der Waals surface area contributed by atoms with Crippen LogP contribution in [0.3, 0.4) is 0 Å². The van der Waals surface area contributed by atoms with Gasteiger partial charge in [0.05, 0.1) is 16.2 Å². The third-order valence-corrected chi connectivity index (χ3v) is 4.45. The normalized spacial score (nSPS) is 14.2. The van der Waals surface area contributed by atoms with E-state index in [4.69, 9.17) is 11.6 Å². The van der Waals surface area contributed by atoms with Crippen molar-refractivity contribution in [2.45, 2.75) is 19.3 Å². The number of nitrogens with zero attached hydrogens (tertiary/aromatic N) is 2. The van der Waals surface area contributed by atoms with E-state index >= 15 is 0 Å². The number of nitro benzene ring substituents is 1. The average molecular weight is 360 g/mol. The quantitative estimate of drug-likeness (QED) is 0.644. The van der Waals surface area contributed by atoms with E-state index in [9.17, 15) is 14.9 Å². The first-order valence-corrected chi connectivity index (χ1v) is 8.53. The number of nitrogens with one attached hydrogen (secondary N) is 1. The molecule has 25 heavy (non-hydrogen) atoms. The first-order chi connectivity index (χ1) is 12.0. The molecule has 7 heteroatoms. The molecule has 1 saturated heterocycles. The lowest BCUT2D eigenvalue weighted by Gasteiger charge is -2.30. The topological polar surface area (TPSA) is 75.5 Å². The number of hydrogen-bond donors (Lipinski definition) is 1. The fraction of sp³-hybridized carbons (Fsp3) is 0.278. The summed E-state index contributed by atoms with van der Waals surface area (Å²) in [6.45, 7) is 1.69. The second-order valence-electron chi connectivity index (χ2n) is 5.97. The Kier molecular flexibility index (Phi) is 5.19. The molecule has 1 fully saturated rings. The Morgan fingerprint density at radius 2 is 1.88 bits per heavy atom. The molecule has 0 aliphatic carbocycles. The van der Waals surface area contributed by atoms with Crippen molar-refractivity contribution in [2.24, 2.45) is 0 Å². The first-order valence-electron chi connectivity index (χ1n) is 8.15. The number of carbonyl (C=O) groups is 1. The minimum absolute atomic E-state index is 0.1000. The molecule has 3 rings (SSSR count). The van der Waals surface area contributed by atoms with Crippen molar-refractivity contribution in [1.29, 1.82) is 0 Å². The zero-order chi connectivity index (χ0) is 17.8. The number of piperidine rings is 1. The molecule has 1 heterocycles. The van der Waals surface area contributed by atoms with E-state index in [-0.39, 0.29) is 11.6 Å². The average Bonchev–Trinajstić information content (AvgIpc) is 2.62. The summed E-state index contributed by atoms with van der Waals surface area (Å²) in [7, 11) is 0. The van der Waals surface area contributed by atoms with Gasteiger partial charge in [0, 0.05) is 35.9 Å². The van der Waals surface area contributed by atoms with Crippen LogP contribution < -0.4 is 10.2 Å². The lowest BCUT2D eigenvalue weighted by molar-refractivity contribution is -0.384. The molecule has 1 aliphatic heterocycles. The van der Waals surface area contributed by atoms with Crippen LogP contribution in [-0.4, -0.2) is 23.9 Å². The predicted octanol–water partition coefficient (Wildman–Crippen LogP) is 4.49. The Labute approximate surface area is 150 Å². The van der Waals surface area contributed by atoms with Gasteiger partial charge in [0.25, 0.3) is 11.6 Å². The smallest absolute Gasteiger partial charge is 0.270 e. The number of rotatable bonds is 4. The number of carbonyl (C=O) groups excluding carboxylic acids is 1. The minimum Gasteiger partial charge on any atom is -0.371 e. The Bertz CT molecular complexity index is 804. The van der Waals surface area contributed by atoms with E-state index < -0.39 is 4.92 Å². The summed E-state index contributed by atoms with van der Waals surface area (Å²) >= 11 is 5.95. The van der Waals surface area contributed by atoms with E-state index in [1.165, 1.54) is 12.1 Å². The van der Waals surface area contributed by atoms with Crippen LogP contribution in [0, 0.1) is 10.1 Å². The van der Waals surface area contributed by atoms with Crippen LogP contribution in [0.25, 0.3) is 0 Å². The summed E-state index contributed by atoms with van der Waals surface area (Å²) in [5.74, 6) is -0.383. The molecule has 130 valence electrons. The van der Waals surface area contributed by atoms with E-state index in [0.717, 1.165) is 38.0 Å². The van der Waals surface area contributed by atoms with Crippen LogP contribution in [0.2, 0.25) is 5.02 Å². The third kappa shape index (κ3) is 4.09. The number of amides is 1. The van der Waals surface area contributed by atoms with Gasteiger partial charge < -0.3 is 10.2 Å². The Morgan fingerprint density at radius 3 is 2.56 bits per heavy atom. The Morgan fingerprint density at radius 1 is 1.12 bits per heavy atom. The molecule has 2 aromatic rings. The Balaban J connectivity index is 1.94. The van der Waals surface area contributed by atoms with Crippen molar-refractivity contribution < 1.29 is 9.72 Å². The van der Waals surface area contributed by atoms with Crippen LogP contribution in [0.5, 0.6) is 0 Å². The molecular formula is C18H18ClN3O3. The summed E-state index contributed by atoms with van der Waals surface area (Å²) in [4.78, 5) is 25.5. The van der Waals surface area contributed by atoms with Crippen LogP contribution in [0.1, 0.15) is 29.6 Å². The molecule has 0 spiro atoms. The molecule has 6 nitrogen and oxygen atoms in total. The highest BCUT2D eigenvalue weighted by Gasteiger charge is 2.22. The van der Waals surface area contributed by atoms with Gasteiger partial charge in [-0.1, -0.05) is 17.7 Å². The maximum atomic E-state index is 12.8. The van der Waals surface area contributed by atoms with Gasteiger partial charge in [-0.05, 0) is 43.5 Å². The zero-order valence-electron chi connectivity index (χ0n) is 13.6. The zero-order valence-corrected chi connectivity index (χ0v) is 14.3. The van der Waals surface area contributed by atoms with Crippen LogP contribution in [0.4, 0.5) is 17.1 Å². The summed E-state index contributed by atoms with van der Waals surface area (Å²) in [5.41, 5.74) is 1.48. The van der Waals surface area contributed by atoms with E-state index in [0.29, 0.717) is 16.3 Å². The van der Waals surface area contributed by atoms with Crippen molar-refractivity contribution >= 4 is 34.6 Å². The highest BCUT2D eigenvalue weighted by atomic mass is 35.5. The van der Waals surface area contributed by atoms with Gasteiger partial charge in [0.2, 0.25) is 0 Å². The van der Waals surface area contributed by atoms with Crippen LogP contribution in [0.15, 0.2) is 42.5 Å². The molecule has 0 atom stereocenters. The second-order valence-corrected chi connectivity index (χ2v) is 6.41. The van der Waals surface area contributed by atoms with Crippen molar-refractivity contribution in [3.8, 4) is 0 Å². The monoisotopic (exact) mass is 359 g/mol. The molecule has 0 unspecified atom stereocenters. The minimum atomic E-state index is -0.490. The highest BCUT2D eigenvalue weighted by Crippen LogP contribution is 2.29. The maximum Gasteiger partial charge on any atom is 0.270 e. The second kappa shape index (κ2) is 7.53. The van der Waals surface area contributed by atoms with E-state index in [1.54, 1.807) is 30.3 Å². The van der Waals surface area contributed by atoms with Gasteiger partial charge in [0.15, 0.2) is 0 Å². The van der Waals surface area contributed by atoms with Crippen molar-refractivity contribution in [3.63, 3.8) is 0 Å². The van der Waals surface area contributed by atoms with Gasteiger partial charge in [-0.25, -0.2) is 0 Å². The summed E-state index contributed by atoms with van der Waals surface area (Å²) in [5, 5.41) is 14.4. The number of benzene rings is 2. The lowest BCUT2D eigenvalue weighted by Crippen LogP contribution is -2.31. The molecule has 1 N–H and O–H groups in total. The fourth-order valence-corrected chi connectivity index (χ4v) is 3.18. The van der Waals surface area contributed by atoms with Crippen LogP contribution in [-0.2, 0) is 0 Å². The van der Waals surface area contributed by atoms with Gasteiger partial charge in [-0.15, -0.1) is 0 Å². The summed E-state index contributed by atoms with van der Waals surface area (Å²) in [6, 6.07) is 11.3. The number of anilines is 2. The van der Waals surface area contributed by atoms with Gasteiger partial charge in [-0.3, -0.25) is 14.9 Å². The summed E-state index contributed by atoms with van der Waals surface area (Å²) in [6.07, 6.45) is 3.26. The number of halogens is 1.